The maximum Gasteiger partial charge on any atom is 2.00 e. The monoisotopic (exact) mass is 1420 g/mol. The molecule has 4 nitrogen and oxygen atoms in total. The first-order chi connectivity index (χ1) is 44.5. The second-order valence-electron chi connectivity index (χ2n) is 22.7. The first kappa shape index (κ1) is 57.3. The first-order valence-electron chi connectivity index (χ1n) is 28.6. The molecule has 1 aliphatic carbocycles. The van der Waals surface area contributed by atoms with Gasteiger partial charge in [0.25, 0.3) is 0 Å². The Hall–Kier alpha value is -10.8. The Labute approximate surface area is 531 Å². The molecule has 0 spiro atoms. The third-order valence-corrected chi connectivity index (χ3v) is 17.5. The smallest absolute Gasteiger partial charge is 0.656 e. The van der Waals surface area contributed by atoms with Crippen LogP contribution in [0.2, 0.25) is 0 Å². The van der Waals surface area contributed by atoms with Crippen LogP contribution in [-0.4, -0.2) is 9.97 Å². The molecule has 12 aromatic carbocycles. The zero-order valence-electron chi connectivity index (χ0n) is 47.1. The topological polar surface area (TPSA) is 54.0 Å². The molecule has 17 rings (SSSR count). The summed E-state index contributed by atoms with van der Waals surface area (Å²) in [5, 5.41) is 5.38. The molecule has 2 aliphatic heterocycles. The normalized spacial score (nSPS) is 12.0. The molecule has 0 unspecified atom stereocenters. The molecule has 0 saturated heterocycles. The van der Waals surface area contributed by atoms with Crippen LogP contribution in [0.25, 0.3) is 176 Å². The zero-order chi connectivity index (χ0) is 62.9. The van der Waals surface area contributed by atoms with Gasteiger partial charge in [0.05, 0.1) is 22.8 Å². The van der Waals surface area contributed by atoms with Gasteiger partial charge in [0.2, 0.25) is 0 Å². The summed E-state index contributed by atoms with van der Waals surface area (Å²) < 4.78 is 193. The Bertz CT molecular complexity index is 5260. The molecular formula is C76H32F12N4Pt. The Morgan fingerprint density at radius 1 is 0.226 bits per heavy atom. The van der Waals surface area contributed by atoms with Crippen molar-refractivity contribution in [3.8, 4) is 89.5 Å². The minimum atomic E-state index is -1.83. The fourth-order valence-electron chi connectivity index (χ4n) is 13.3. The van der Waals surface area contributed by atoms with E-state index >= 15 is 52.7 Å². The van der Waals surface area contributed by atoms with E-state index < -0.39 is 69.8 Å². The Morgan fingerprint density at radius 3 is 0.581 bits per heavy atom. The van der Waals surface area contributed by atoms with Gasteiger partial charge >= 0.3 is 21.1 Å². The zero-order valence-corrected chi connectivity index (χ0v) is 49.4. The summed E-state index contributed by atoms with van der Waals surface area (Å²) in [6.45, 7) is 0. The molecular weight excluding hydrogens is 1390 g/mol. The standard InChI is InChI=1S/C76H32F12N4.Pt/c77-53-25-41(26-54(78)65(53)85)61-69-45-17-33-9-1-2-10-34(33)18-46(45)70(89-69)62(42-27-55(79)66(86)56(80)28-42)72-49-21-37-13-5-6-14-38(37)22-50(49)74(91-72)64(44-31-59(83)68(88)60(84)32-44)76-52-24-40-16-8-7-15-39(40)23-51(52)75(92-76)63(43-29-57(81)67(87)58(82)30-43)73-48-20-36-12-4-3-11-35(36)19-47(48)71(61)90-73;/h1-32H;/q-2;+2. The van der Waals surface area contributed by atoms with Gasteiger partial charge in [-0.05, 0) is 206 Å². The molecule has 3 aliphatic rings. The van der Waals surface area contributed by atoms with E-state index in [0.717, 1.165) is 48.5 Å². The van der Waals surface area contributed by atoms with Crippen LogP contribution in [0, 0.1) is 69.8 Å². The predicted molar refractivity (Wildman–Crippen MR) is 334 cm³/mol. The van der Waals surface area contributed by atoms with Crippen molar-refractivity contribution in [1.29, 1.82) is 0 Å². The van der Waals surface area contributed by atoms with E-state index in [4.69, 9.17) is 19.9 Å². The third-order valence-electron chi connectivity index (χ3n) is 17.5. The summed E-state index contributed by atoms with van der Waals surface area (Å²) in [5.41, 5.74) is -2.41. The number of hydrogen-bond donors (Lipinski definition) is 0. The molecule has 4 heterocycles. The molecule has 14 aromatic rings. The third kappa shape index (κ3) is 8.75. The number of nitrogens with zero attached hydrogens (tertiary/aromatic N) is 4. The molecule has 0 amide bonds. The second kappa shape index (κ2) is 21.1. The second-order valence-corrected chi connectivity index (χ2v) is 22.7. The van der Waals surface area contributed by atoms with E-state index in [1.54, 1.807) is 146 Å². The van der Waals surface area contributed by atoms with Crippen LogP contribution < -0.4 is 9.97 Å². The largest absolute Gasteiger partial charge is 2.00 e. The molecule has 0 radical (unpaired) electrons. The van der Waals surface area contributed by atoms with E-state index in [0.29, 0.717) is 43.1 Å². The van der Waals surface area contributed by atoms with Gasteiger partial charge in [-0.25, -0.2) is 62.7 Å². The number of benzene rings is 12. The minimum absolute atomic E-state index is 0. The molecule has 0 saturated carbocycles. The van der Waals surface area contributed by atoms with Crippen LogP contribution in [0.15, 0.2) is 194 Å². The summed E-state index contributed by atoms with van der Waals surface area (Å²) in [5.74, 6) is -20.4. The Morgan fingerprint density at radius 2 is 0.398 bits per heavy atom. The molecule has 2 aromatic heterocycles. The van der Waals surface area contributed by atoms with E-state index in [-0.39, 0.29) is 154 Å². The number of halogens is 12. The van der Waals surface area contributed by atoms with Crippen LogP contribution in [0.3, 0.4) is 0 Å². The summed E-state index contributed by atoms with van der Waals surface area (Å²) in [6.07, 6.45) is 0. The van der Waals surface area contributed by atoms with Crippen molar-refractivity contribution in [1.82, 2.24) is 19.9 Å². The first-order valence-corrected chi connectivity index (χ1v) is 28.6. The Kier molecular flexibility index (Phi) is 13.0. The van der Waals surface area contributed by atoms with Gasteiger partial charge in [-0.2, -0.15) is 0 Å². The predicted octanol–water partition coefficient (Wildman–Crippen LogP) is 21.5. The Balaban J connectivity index is 0.00000686. The van der Waals surface area contributed by atoms with Crippen molar-refractivity contribution < 1.29 is 73.8 Å². The van der Waals surface area contributed by atoms with E-state index in [2.05, 4.69) is 0 Å². The summed E-state index contributed by atoms with van der Waals surface area (Å²) in [6, 6.07) is 47.7. The van der Waals surface area contributed by atoms with E-state index in [1.807, 2.05) is 0 Å². The summed E-state index contributed by atoms with van der Waals surface area (Å²) >= 11 is 0. The maximum atomic E-state index is 16.4. The van der Waals surface area contributed by atoms with Gasteiger partial charge in [-0.1, -0.05) is 97.1 Å². The fraction of sp³-hybridized carbons (Fsp3) is 0. The van der Waals surface area contributed by atoms with Gasteiger partial charge < -0.3 is 9.97 Å². The fourth-order valence-corrected chi connectivity index (χ4v) is 13.3. The van der Waals surface area contributed by atoms with Gasteiger partial charge in [0, 0.05) is 22.3 Å². The number of aromatic nitrogens is 4. The maximum absolute atomic E-state index is 16.4. The van der Waals surface area contributed by atoms with Gasteiger partial charge in [-0.3, -0.25) is 0 Å². The van der Waals surface area contributed by atoms with Crippen LogP contribution >= 0.6 is 0 Å². The average Bonchev–Trinajstić information content (AvgIpc) is 1.56. The van der Waals surface area contributed by atoms with Crippen LogP contribution in [0.5, 0.6) is 0 Å². The van der Waals surface area contributed by atoms with Crippen molar-refractivity contribution in [2.24, 2.45) is 0 Å². The van der Waals surface area contributed by atoms with Crippen molar-refractivity contribution in [2.45, 2.75) is 0 Å². The molecule has 450 valence electrons. The quantitative estimate of drug-likeness (QED) is 0.130. The average molecular weight is 1420 g/mol. The van der Waals surface area contributed by atoms with E-state index in [1.165, 1.54) is 0 Å². The molecule has 93 heavy (non-hydrogen) atoms. The SMILES string of the molecule is Fc1cc(-c2c3nc(c(-c4cc(F)c(F)c(F)c4)c4[n-]c(c(-c5cc(F)c(F)c(F)c5)c5nc(c(-c6cc(F)c(F)c(F)c6)c6[n-]c2c2cc7ccccc7cc62)-c2cc6ccccc6cc2-5)c2cc5ccccc5cc42)-c2cc4ccccc4cc2-3)cc(F)c1F.[Pt+2]. The van der Waals surface area contributed by atoms with Crippen molar-refractivity contribution >= 4 is 86.7 Å². The number of fused-ring (bicyclic) bond motifs is 4. The van der Waals surface area contributed by atoms with Crippen LogP contribution in [0.4, 0.5) is 52.7 Å². The number of rotatable bonds is 4. The van der Waals surface area contributed by atoms with E-state index in [9.17, 15) is 0 Å². The van der Waals surface area contributed by atoms with Gasteiger partial charge in [0.1, 0.15) is 0 Å². The molecule has 8 bridgehead atoms. The van der Waals surface area contributed by atoms with Crippen molar-refractivity contribution in [3.05, 3.63) is 264 Å². The van der Waals surface area contributed by atoms with Crippen molar-refractivity contribution in [2.75, 3.05) is 0 Å². The minimum Gasteiger partial charge on any atom is -0.656 e. The molecule has 0 N–H and O–H groups in total. The summed E-state index contributed by atoms with van der Waals surface area (Å²) in [4.78, 5) is 21.6. The molecule has 0 fully saturated rings. The van der Waals surface area contributed by atoms with Crippen LogP contribution in [-0.2, 0) is 21.1 Å². The van der Waals surface area contributed by atoms with Gasteiger partial charge in [0.15, 0.2) is 69.8 Å². The molecule has 0 atom stereocenters. The van der Waals surface area contributed by atoms with Crippen LogP contribution in [0.1, 0.15) is 0 Å². The van der Waals surface area contributed by atoms with Gasteiger partial charge in [-0.15, -0.1) is 22.1 Å². The molecule has 17 heteroatoms. The summed E-state index contributed by atoms with van der Waals surface area (Å²) in [7, 11) is 0. The number of hydrogen-bond acceptors (Lipinski definition) is 2. The van der Waals surface area contributed by atoms with Crippen molar-refractivity contribution in [3.63, 3.8) is 0 Å².